The van der Waals surface area contributed by atoms with E-state index in [2.05, 4.69) is 18.0 Å². The molecule has 0 saturated heterocycles. The lowest BCUT2D eigenvalue weighted by Gasteiger charge is -2.00. The van der Waals surface area contributed by atoms with Crippen molar-refractivity contribution >= 4 is 28.0 Å². The second-order valence-corrected chi connectivity index (χ2v) is 5.15. The minimum atomic E-state index is 0.101. The van der Waals surface area contributed by atoms with E-state index >= 15 is 0 Å². The average Bonchev–Trinajstić information content (AvgIpc) is 3.06. The van der Waals surface area contributed by atoms with Crippen LogP contribution in [0.2, 0.25) is 0 Å². The van der Waals surface area contributed by atoms with Crippen molar-refractivity contribution in [2.75, 3.05) is 0 Å². The maximum absolute atomic E-state index is 12.4. The SMILES string of the molecule is CCc1cccc2c(C(=O)c3cccs3)c[nH]c12. The largest absolute Gasteiger partial charge is 0.360 e. The molecule has 2 nitrogen and oxygen atoms in total. The Hall–Kier alpha value is -1.87. The second kappa shape index (κ2) is 4.42. The third-order valence-corrected chi connectivity index (χ3v) is 4.04. The van der Waals surface area contributed by atoms with Gasteiger partial charge in [0, 0.05) is 22.7 Å². The van der Waals surface area contributed by atoms with Crippen LogP contribution in [0.4, 0.5) is 0 Å². The third-order valence-electron chi connectivity index (χ3n) is 3.17. The lowest BCUT2D eigenvalue weighted by molar-refractivity contribution is 0.104. The molecular formula is C15H13NOS. The molecule has 18 heavy (non-hydrogen) atoms. The zero-order valence-electron chi connectivity index (χ0n) is 10.1. The van der Waals surface area contributed by atoms with Crippen molar-refractivity contribution in [3.8, 4) is 0 Å². The lowest BCUT2D eigenvalue weighted by Crippen LogP contribution is -1.96. The number of para-hydroxylation sites is 1. The van der Waals surface area contributed by atoms with Gasteiger partial charge in [-0.05, 0) is 23.4 Å². The van der Waals surface area contributed by atoms with Crippen LogP contribution in [0.5, 0.6) is 0 Å². The first-order valence-electron chi connectivity index (χ1n) is 5.98. The molecule has 0 amide bonds. The van der Waals surface area contributed by atoms with Gasteiger partial charge in [0.05, 0.1) is 4.88 Å². The van der Waals surface area contributed by atoms with E-state index < -0.39 is 0 Å². The number of fused-ring (bicyclic) bond motifs is 1. The van der Waals surface area contributed by atoms with Crippen molar-refractivity contribution in [2.45, 2.75) is 13.3 Å². The number of carbonyl (C=O) groups is 1. The van der Waals surface area contributed by atoms with Crippen molar-refractivity contribution in [1.82, 2.24) is 4.98 Å². The maximum Gasteiger partial charge on any atom is 0.205 e. The molecule has 0 unspecified atom stereocenters. The highest BCUT2D eigenvalue weighted by molar-refractivity contribution is 7.12. The van der Waals surface area contributed by atoms with Crippen LogP contribution in [-0.4, -0.2) is 10.8 Å². The molecule has 3 heteroatoms. The first-order valence-corrected chi connectivity index (χ1v) is 6.86. The van der Waals surface area contributed by atoms with E-state index in [0.29, 0.717) is 0 Å². The summed E-state index contributed by atoms with van der Waals surface area (Å²) < 4.78 is 0. The van der Waals surface area contributed by atoms with E-state index in [9.17, 15) is 4.79 Å². The predicted molar refractivity (Wildman–Crippen MR) is 75.4 cm³/mol. The molecular weight excluding hydrogens is 242 g/mol. The summed E-state index contributed by atoms with van der Waals surface area (Å²) in [5, 5.41) is 2.95. The van der Waals surface area contributed by atoms with Crippen molar-refractivity contribution < 1.29 is 4.79 Å². The number of hydrogen-bond donors (Lipinski definition) is 1. The number of nitrogens with one attached hydrogen (secondary N) is 1. The van der Waals surface area contributed by atoms with Gasteiger partial charge < -0.3 is 4.98 Å². The highest BCUT2D eigenvalue weighted by Crippen LogP contribution is 2.25. The number of rotatable bonds is 3. The normalized spacial score (nSPS) is 10.9. The lowest BCUT2D eigenvalue weighted by atomic mass is 10.0. The van der Waals surface area contributed by atoms with E-state index in [1.165, 1.54) is 16.9 Å². The summed E-state index contributed by atoms with van der Waals surface area (Å²) in [5.41, 5.74) is 3.10. The van der Waals surface area contributed by atoms with Gasteiger partial charge in [-0.2, -0.15) is 0 Å². The van der Waals surface area contributed by atoms with Crippen molar-refractivity contribution in [1.29, 1.82) is 0 Å². The summed E-state index contributed by atoms with van der Waals surface area (Å²) in [6.45, 7) is 2.12. The predicted octanol–water partition coefficient (Wildman–Crippen LogP) is 4.02. The fourth-order valence-corrected chi connectivity index (χ4v) is 2.92. The summed E-state index contributed by atoms with van der Waals surface area (Å²) in [6.07, 6.45) is 2.79. The van der Waals surface area contributed by atoms with Gasteiger partial charge in [0.25, 0.3) is 0 Å². The molecule has 0 bridgehead atoms. The first kappa shape index (κ1) is 11.2. The molecule has 1 aromatic carbocycles. The average molecular weight is 255 g/mol. The monoisotopic (exact) mass is 255 g/mol. The van der Waals surface area contributed by atoms with Crippen LogP contribution >= 0.6 is 11.3 Å². The van der Waals surface area contributed by atoms with Gasteiger partial charge in [-0.15, -0.1) is 11.3 Å². The van der Waals surface area contributed by atoms with E-state index in [1.54, 1.807) is 0 Å². The topological polar surface area (TPSA) is 32.9 Å². The van der Waals surface area contributed by atoms with Crippen LogP contribution in [-0.2, 0) is 6.42 Å². The Labute approximate surface area is 109 Å². The molecule has 0 aliphatic heterocycles. The Morgan fingerprint density at radius 3 is 2.89 bits per heavy atom. The molecule has 3 rings (SSSR count). The number of carbonyl (C=O) groups excluding carboxylic acids is 1. The van der Waals surface area contributed by atoms with Gasteiger partial charge >= 0.3 is 0 Å². The zero-order chi connectivity index (χ0) is 12.5. The van der Waals surface area contributed by atoms with Crippen LogP contribution < -0.4 is 0 Å². The Kier molecular flexibility index (Phi) is 2.76. The summed E-state index contributed by atoms with van der Waals surface area (Å²) in [6, 6.07) is 9.89. The molecule has 0 aliphatic carbocycles. The van der Waals surface area contributed by atoms with Gasteiger partial charge in [0.1, 0.15) is 0 Å². The first-order chi connectivity index (χ1) is 8.81. The Morgan fingerprint density at radius 1 is 1.28 bits per heavy atom. The third kappa shape index (κ3) is 1.68. The van der Waals surface area contributed by atoms with Crippen molar-refractivity contribution in [2.24, 2.45) is 0 Å². The molecule has 0 aliphatic rings. The number of aromatic nitrogens is 1. The van der Waals surface area contributed by atoms with Crippen molar-refractivity contribution in [3.63, 3.8) is 0 Å². The number of aryl methyl sites for hydroxylation is 1. The number of thiophene rings is 1. The van der Waals surface area contributed by atoms with Gasteiger partial charge in [0.15, 0.2) is 0 Å². The minimum Gasteiger partial charge on any atom is -0.360 e. The molecule has 1 N–H and O–H groups in total. The number of ketones is 1. The highest BCUT2D eigenvalue weighted by atomic mass is 32.1. The molecule has 0 radical (unpaired) electrons. The van der Waals surface area contributed by atoms with E-state index in [4.69, 9.17) is 0 Å². The number of benzene rings is 1. The van der Waals surface area contributed by atoms with E-state index in [1.807, 2.05) is 35.8 Å². The fourth-order valence-electron chi connectivity index (χ4n) is 2.24. The van der Waals surface area contributed by atoms with Crippen LogP contribution in [0.25, 0.3) is 10.9 Å². The highest BCUT2D eigenvalue weighted by Gasteiger charge is 2.15. The van der Waals surface area contributed by atoms with E-state index in [0.717, 1.165) is 27.8 Å². The Balaban J connectivity index is 2.17. The number of hydrogen-bond acceptors (Lipinski definition) is 2. The van der Waals surface area contributed by atoms with Crippen molar-refractivity contribution in [3.05, 3.63) is 57.9 Å². The molecule has 90 valence electrons. The van der Waals surface area contributed by atoms with Gasteiger partial charge in [0.2, 0.25) is 5.78 Å². The van der Waals surface area contributed by atoms with Crippen LogP contribution in [0, 0.1) is 0 Å². The van der Waals surface area contributed by atoms with Crippen LogP contribution in [0.15, 0.2) is 41.9 Å². The Morgan fingerprint density at radius 2 is 2.17 bits per heavy atom. The fraction of sp³-hybridized carbons (Fsp3) is 0.133. The number of H-pyrrole nitrogens is 1. The molecule has 2 heterocycles. The minimum absolute atomic E-state index is 0.101. The number of aromatic amines is 1. The standard InChI is InChI=1S/C15H13NOS/c1-2-10-5-3-6-11-12(9-16-14(10)11)15(17)13-7-4-8-18-13/h3-9,16H,2H2,1H3. The smallest absolute Gasteiger partial charge is 0.205 e. The maximum atomic E-state index is 12.4. The van der Waals surface area contributed by atoms with Crippen LogP contribution in [0.3, 0.4) is 0 Å². The zero-order valence-corrected chi connectivity index (χ0v) is 10.9. The second-order valence-electron chi connectivity index (χ2n) is 4.20. The summed E-state index contributed by atoms with van der Waals surface area (Å²) in [4.78, 5) is 16.4. The molecule has 0 fully saturated rings. The van der Waals surface area contributed by atoms with Gasteiger partial charge in [-0.1, -0.05) is 31.2 Å². The summed E-state index contributed by atoms with van der Waals surface area (Å²) in [5.74, 6) is 0.101. The van der Waals surface area contributed by atoms with Gasteiger partial charge in [-0.3, -0.25) is 4.79 Å². The van der Waals surface area contributed by atoms with Gasteiger partial charge in [-0.25, -0.2) is 0 Å². The summed E-state index contributed by atoms with van der Waals surface area (Å²) in [7, 11) is 0. The quantitative estimate of drug-likeness (QED) is 0.704. The Bertz CT molecular complexity index is 694. The molecule has 0 spiro atoms. The molecule has 3 aromatic rings. The molecule has 0 saturated carbocycles. The molecule has 0 atom stereocenters. The summed E-state index contributed by atoms with van der Waals surface area (Å²) >= 11 is 1.48. The van der Waals surface area contributed by atoms with E-state index in [-0.39, 0.29) is 5.78 Å². The molecule has 2 aromatic heterocycles. The van der Waals surface area contributed by atoms with Crippen LogP contribution in [0.1, 0.15) is 27.7 Å².